The molecule has 3 aromatic rings. The van der Waals surface area contributed by atoms with E-state index in [4.69, 9.17) is 9.26 Å². The van der Waals surface area contributed by atoms with Crippen LogP contribution in [0.4, 0.5) is 0 Å². The third-order valence-corrected chi connectivity index (χ3v) is 2.55. The third kappa shape index (κ3) is 2.46. The normalized spacial score (nSPS) is 10.7. The van der Waals surface area contributed by atoms with Crippen molar-refractivity contribution in [3.05, 3.63) is 47.9 Å². The number of nitrogens with zero attached hydrogens (tertiary/aromatic N) is 4. The molecule has 0 spiro atoms. The lowest BCUT2D eigenvalue weighted by Gasteiger charge is -2.02. The fraction of sp³-hybridized carbons (Fsp3) is 0.154. The Labute approximate surface area is 113 Å². The maximum absolute atomic E-state index is 11.9. The molecule has 0 amide bonds. The fourth-order valence-corrected chi connectivity index (χ4v) is 1.66. The number of carbonyl (C=O) groups is 1. The molecule has 3 rings (SSSR count). The summed E-state index contributed by atoms with van der Waals surface area (Å²) < 4.78 is 9.89. The first-order valence-electron chi connectivity index (χ1n) is 5.90. The summed E-state index contributed by atoms with van der Waals surface area (Å²) in [4.78, 5) is 24.1. The van der Waals surface area contributed by atoms with Crippen molar-refractivity contribution in [1.82, 2.24) is 20.1 Å². The SMILES string of the molecule is Cc1noc(COC(=O)c2cnc3ccccc3n2)n1. The van der Waals surface area contributed by atoms with Crippen molar-refractivity contribution in [3.8, 4) is 0 Å². The highest BCUT2D eigenvalue weighted by Gasteiger charge is 2.12. The van der Waals surface area contributed by atoms with E-state index in [0.29, 0.717) is 11.3 Å². The Bertz CT molecular complexity index is 769. The van der Waals surface area contributed by atoms with Gasteiger partial charge in [-0.1, -0.05) is 17.3 Å². The Morgan fingerprint density at radius 3 is 2.80 bits per heavy atom. The predicted molar refractivity (Wildman–Crippen MR) is 67.7 cm³/mol. The quantitative estimate of drug-likeness (QED) is 0.668. The summed E-state index contributed by atoms with van der Waals surface area (Å²) in [6.07, 6.45) is 1.38. The van der Waals surface area contributed by atoms with E-state index in [9.17, 15) is 4.79 Å². The van der Waals surface area contributed by atoms with Crippen LogP contribution in [0, 0.1) is 6.92 Å². The Morgan fingerprint density at radius 2 is 2.05 bits per heavy atom. The maximum Gasteiger partial charge on any atom is 0.359 e. The lowest BCUT2D eigenvalue weighted by molar-refractivity contribution is 0.0423. The molecule has 0 atom stereocenters. The average molecular weight is 270 g/mol. The van der Waals surface area contributed by atoms with Crippen molar-refractivity contribution in [2.75, 3.05) is 0 Å². The Morgan fingerprint density at radius 1 is 1.25 bits per heavy atom. The standard InChI is InChI=1S/C13H10N4O3/c1-8-15-12(20-17-8)7-19-13(18)11-6-14-9-4-2-3-5-10(9)16-11/h2-6H,7H2,1H3. The highest BCUT2D eigenvalue weighted by atomic mass is 16.6. The van der Waals surface area contributed by atoms with E-state index in [0.717, 1.165) is 5.52 Å². The molecule has 0 aliphatic rings. The highest BCUT2D eigenvalue weighted by Crippen LogP contribution is 2.09. The molecule has 0 radical (unpaired) electrons. The minimum absolute atomic E-state index is 0.0891. The zero-order valence-electron chi connectivity index (χ0n) is 10.6. The van der Waals surface area contributed by atoms with Crippen LogP contribution in [0.1, 0.15) is 22.2 Å². The van der Waals surface area contributed by atoms with Crippen molar-refractivity contribution >= 4 is 17.0 Å². The lowest BCUT2D eigenvalue weighted by Crippen LogP contribution is -2.08. The van der Waals surface area contributed by atoms with Crippen LogP contribution in [0.3, 0.4) is 0 Å². The third-order valence-electron chi connectivity index (χ3n) is 2.55. The van der Waals surface area contributed by atoms with Gasteiger partial charge in [0.2, 0.25) is 0 Å². The second-order valence-electron chi connectivity index (χ2n) is 4.06. The van der Waals surface area contributed by atoms with Crippen LogP contribution >= 0.6 is 0 Å². The minimum atomic E-state index is -0.584. The molecule has 7 nitrogen and oxygen atoms in total. The zero-order valence-corrected chi connectivity index (χ0v) is 10.6. The summed E-state index contributed by atoms with van der Waals surface area (Å²) >= 11 is 0. The van der Waals surface area contributed by atoms with Crippen molar-refractivity contribution in [2.45, 2.75) is 13.5 Å². The molecule has 0 saturated carbocycles. The van der Waals surface area contributed by atoms with Gasteiger partial charge in [-0.25, -0.2) is 9.78 Å². The van der Waals surface area contributed by atoms with Crippen molar-refractivity contribution in [2.24, 2.45) is 0 Å². The van der Waals surface area contributed by atoms with E-state index in [-0.39, 0.29) is 18.2 Å². The number of benzene rings is 1. The van der Waals surface area contributed by atoms with Crippen LogP contribution in [-0.4, -0.2) is 26.1 Å². The summed E-state index contributed by atoms with van der Waals surface area (Å²) in [5.41, 5.74) is 1.49. The van der Waals surface area contributed by atoms with Gasteiger partial charge in [0.05, 0.1) is 17.2 Å². The van der Waals surface area contributed by atoms with Gasteiger partial charge in [-0.3, -0.25) is 4.98 Å². The lowest BCUT2D eigenvalue weighted by atomic mass is 10.3. The molecule has 0 bridgehead atoms. The predicted octanol–water partition coefficient (Wildman–Crippen LogP) is 1.68. The number of hydrogen-bond donors (Lipinski definition) is 0. The van der Waals surface area contributed by atoms with Gasteiger partial charge in [-0.05, 0) is 19.1 Å². The molecule has 0 N–H and O–H groups in total. The monoisotopic (exact) mass is 270 g/mol. The molecule has 0 saturated heterocycles. The molecule has 2 aromatic heterocycles. The first-order valence-corrected chi connectivity index (χ1v) is 5.90. The Kier molecular flexibility index (Phi) is 3.08. The van der Waals surface area contributed by atoms with Gasteiger partial charge in [0.25, 0.3) is 5.89 Å². The van der Waals surface area contributed by atoms with Crippen LogP contribution < -0.4 is 0 Å². The molecule has 7 heteroatoms. The second kappa shape index (κ2) is 5.04. The van der Waals surface area contributed by atoms with Crippen LogP contribution in [0.25, 0.3) is 11.0 Å². The van der Waals surface area contributed by atoms with Crippen LogP contribution in [0.15, 0.2) is 35.0 Å². The highest BCUT2D eigenvalue weighted by molar-refractivity contribution is 5.89. The number of esters is 1. The van der Waals surface area contributed by atoms with E-state index in [2.05, 4.69) is 20.1 Å². The largest absolute Gasteiger partial charge is 0.451 e. The van der Waals surface area contributed by atoms with E-state index in [1.165, 1.54) is 6.20 Å². The van der Waals surface area contributed by atoms with Crippen molar-refractivity contribution in [1.29, 1.82) is 0 Å². The summed E-state index contributed by atoms with van der Waals surface area (Å²) in [6, 6.07) is 7.28. The summed E-state index contributed by atoms with van der Waals surface area (Å²) in [7, 11) is 0. The fourth-order valence-electron chi connectivity index (χ4n) is 1.66. The number of rotatable bonds is 3. The number of fused-ring (bicyclic) bond motifs is 1. The minimum Gasteiger partial charge on any atom is -0.451 e. The van der Waals surface area contributed by atoms with Crippen molar-refractivity contribution < 1.29 is 14.1 Å². The molecule has 1 aromatic carbocycles. The smallest absolute Gasteiger partial charge is 0.359 e. The van der Waals surface area contributed by atoms with Gasteiger partial charge in [0.1, 0.15) is 0 Å². The second-order valence-corrected chi connectivity index (χ2v) is 4.06. The molecule has 2 heterocycles. The molecule has 0 aliphatic heterocycles. The Hall–Kier alpha value is -2.83. The maximum atomic E-state index is 11.9. The van der Waals surface area contributed by atoms with Gasteiger partial charge in [-0.2, -0.15) is 4.98 Å². The van der Waals surface area contributed by atoms with Crippen LogP contribution in [-0.2, 0) is 11.3 Å². The first kappa shape index (κ1) is 12.2. The molecular formula is C13H10N4O3. The Balaban J connectivity index is 1.75. The molecule has 20 heavy (non-hydrogen) atoms. The number of aromatic nitrogens is 4. The van der Waals surface area contributed by atoms with E-state index >= 15 is 0 Å². The zero-order chi connectivity index (χ0) is 13.9. The molecular weight excluding hydrogens is 260 g/mol. The number of ether oxygens (including phenoxy) is 1. The van der Waals surface area contributed by atoms with Gasteiger partial charge in [0.15, 0.2) is 18.1 Å². The van der Waals surface area contributed by atoms with Gasteiger partial charge in [0, 0.05) is 0 Å². The van der Waals surface area contributed by atoms with E-state index in [1.54, 1.807) is 13.0 Å². The molecule has 0 unspecified atom stereocenters. The number of hydrogen-bond acceptors (Lipinski definition) is 7. The van der Waals surface area contributed by atoms with Crippen LogP contribution in [0.2, 0.25) is 0 Å². The molecule has 100 valence electrons. The average Bonchev–Trinajstić information content (AvgIpc) is 2.90. The number of aryl methyl sites for hydroxylation is 1. The van der Waals surface area contributed by atoms with Gasteiger partial charge < -0.3 is 9.26 Å². The van der Waals surface area contributed by atoms with E-state index in [1.807, 2.05) is 18.2 Å². The van der Waals surface area contributed by atoms with Crippen LogP contribution in [0.5, 0.6) is 0 Å². The van der Waals surface area contributed by atoms with Gasteiger partial charge in [-0.15, -0.1) is 0 Å². The topological polar surface area (TPSA) is 91.0 Å². The summed E-state index contributed by atoms with van der Waals surface area (Å²) in [6.45, 7) is 1.60. The molecule has 0 fully saturated rings. The summed E-state index contributed by atoms with van der Waals surface area (Å²) in [5, 5.41) is 3.60. The van der Waals surface area contributed by atoms with E-state index < -0.39 is 5.97 Å². The van der Waals surface area contributed by atoms with Gasteiger partial charge >= 0.3 is 5.97 Å². The summed E-state index contributed by atoms with van der Waals surface area (Å²) in [5.74, 6) is 0.144. The number of carbonyl (C=O) groups excluding carboxylic acids is 1. The number of para-hydroxylation sites is 2. The molecule has 0 aliphatic carbocycles. The first-order chi connectivity index (χ1) is 9.72. The van der Waals surface area contributed by atoms with Crippen molar-refractivity contribution in [3.63, 3.8) is 0 Å².